The Kier molecular flexibility index (Phi) is 7.08. The van der Waals surface area contributed by atoms with Crippen molar-refractivity contribution in [2.24, 2.45) is 5.92 Å². The largest absolute Gasteiger partial charge is 0.307 e. The van der Waals surface area contributed by atoms with Crippen molar-refractivity contribution in [1.29, 1.82) is 0 Å². The summed E-state index contributed by atoms with van der Waals surface area (Å²) in [5.41, 5.74) is 2.72. The van der Waals surface area contributed by atoms with Crippen molar-refractivity contribution in [3.63, 3.8) is 0 Å². The van der Waals surface area contributed by atoms with E-state index in [1.54, 1.807) is 0 Å². The third-order valence-electron chi connectivity index (χ3n) is 5.96. The van der Waals surface area contributed by atoms with Gasteiger partial charge in [-0.3, -0.25) is 0 Å². The zero-order chi connectivity index (χ0) is 18.1. The van der Waals surface area contributed by atoms with E-state index in [2.05, 4.69) is 85.1 Å². The monoisotopic (exact) mass is 347 g/mol. The Labute approximate surface area is 159 Å². The van der Waals surface area contributed by atoms with E-state index in [1.807, 2.05) is 0 Å². The topological polar surface area (TPSA) is 12.0 Å². The third kappa shape index (κ3) is 5.08. The van der Waals surface area contributed by atoms with E-state index in [4.69, 9.17) is 0 Å². The van der Waals surface area contributed by atoms with Crippen molar-refractivity contribution >= 4 is 6.08 Å². The summed E-state index contributed by atoms with van der Waals surface area (Å²) in [6, 6.07) is 21.6. The Bertz CT molecular complexity index is 655. The van der Waals surface area contributed by atoms with Crippen molar-refractivity contribution in [2.75, 3.05) is 6.54 Å². The summed E-state index contributed by atoms with van der Waals surface area (Å²) in [4.78, 5) is 0. The average molecular weight is 348 g/mol. The van der Waals surface area contributed by atoms with Crippen LogP contribution in [0.25, 0.3) is 6.08 Å². The predicted octanol–water partition coefficient (Wildman–Crippen LogP) is 6.57. The highest BCUT2D eigenvalue weighted by Crippen LogP contribution is 2.31. The summed E-state index contributed by atoms with van der Waals surface area (Å²) >= 11 is 0. The first-order chi connectivity index (χ1) is 12.8. The highest BCUT2D eigenvalue weighted by molar-refractivity contribution is 5.49. The van der Waals surface area contributed by atoms with Crippen LogP contribution in [0.5, 0.6) is 0 Å². The lowest BCUT2D eigenvalue weighted by Crippen LogP contribution is -2.44. The number of rotatable bonds is 8. The second-order valence-corrected chi connectivity index (χ2v) is 7.70. The Morgan fingerprint density at radius 3 is 2.23 bits per heavy atom. The number of hydrogen-bond acceptors (Lipinski definition) is 1. The molecule has 1 fully saturated rings. The van der Waals surface area contributed by atoms with E-state index in [-0.39, 0.29) is 5.54 Å². The lowest BCUT2D eigenvalue weighted by Gasteiger charge is -2.36. The molecule has 2 aromatic carbocycles. The summed E-state index contributed by atoms with van der Waals surface area (Å²) in [6.07, 6.45) is 13.7. The van der Waals surface area contributed by atoms with Gasteiger partial charge >= 0.3 is 0 Å². The van der Waals surface area contributed by atoms with Crippen molar-refractivity contribution < 1.29 is 0 Å². The molecular weight excluding hydrogens is 314 g/mol. The Hall–Kier alpha value is -1.86. The van der Waals surface area contributed by atoms with Gasteiger partial charge in [-0.1, -0.05) is 99.0 Å². The van der Waals surface area contributed by atoms with E-state index >= 15 is 0 Å². The normalized spacial score (nSPS) is 18.0. The molecule has 0 bridgehead atoms. The predicted molar refractivity (Wildman–Crippen MR) is 113 cm³/mol. The Balaban J connectivity index is 1.74. The van der Waals surface area contributed by atoms with Crippen LogP contribution in [0.3, 0.4) is 0 Å². The fourth-order valence-corrected chi connectivity index (χ4v) is 4.21. The molecule has 0 heterocycles. The zero-order valence-corrected chi connectivity index (χ0v) is 16.2. The average Bonchev–Trinajstić information content (AvgIpc) is 2.73. The van der Waals surface area contributed by atoms with Crippen molar-refractivity contribution in [3.8, 4) is 0 Å². The molecule has 1 atom stereocenters. The van der Waals surface area contributed by atoms with Gasteiger partial charge in [0.2, 0.25) is 0 Å². The fraction of sp³-hybridized carbons (Fsp3) is 0.440. The molecule has 0 aromatic heterocycles. The SMILES string of the molecule is CCC(CC=Cc1ccccc1)(NCC1CCCCC1)c1ccccc1. The van der Waals surface area contributed by atoms with Gasteiger partial charge < -0.3 is 5.32 Å². The van der Waals surface area contributed by atoms with Crippen LogP contribution in [0.1, 0.15) is 63.0 Å². The molecule has 1 unspecified atom stereocenters. The molecule has 138 valence electrons. The van der Waals surface area contributed by atoms with E-state index in [0.717, 1.165) is 25.3 Å². The highest BCUT2D eigenvalue weighted by Gasteiger charge is 2.29. The van der Waals surface area contributed by atoms with E-state index in [1.165, 1.54) is 43.2 Å². The molecule has 26 heavy (non-hydrogen) atoms. The highest BCUT2D eigenvalue weighted by atomic mass is 15.0. The molecule has 1 aliphatic carbocycles. The van der Waals surface area contributed by atoms with Gasteiger partial charge in [-0.25, -0.2) is 0 Å². The van der Waals surface area contributed by atoms with Crippen molar-refractivity contribution in [3.05, 3.63) is 77.9 Å². The molecule has 1 N–H and O–H groups in total. The molecule has 0 aliphatic heterocycles. The van der Waals surface area contributed by atoms with E-state index in [0.29, 0.717) is 0 Å². The molecule has 1 saturated carbocycles. The zero-order valence-electron chi connectivity index (χ0n) is 16.2. The quantitative estimate of drug-likeness (QED) is 0.570. The Morgan fingerprint density at radius 1 is 0.923 bits per heavy atom. The molecule has 0 radical (unpaired) electrons. The van der Waals surface area contributed by atoms with Gasteiger partial charge in [-0.05, 0) is 49.3 Å². The number of nitrogens with one attached hydrogen (secondary N) is 1. The minimum atomic E-state index is 0.0317. The summed E-state index contributed by atoms with van der Waals surface area (Å²) in [7, 11) is 0. The van der Waals surface area contributed by atoms with E-state index in [9.17, 15) is 0 Å². The lowest BCUT2D eigenvalue weighted by atomic mass is 9.82. The van der Waals surface area contributed by atoms with Gasteiger partial charge in [0.05, 0.1) is 0 Å². The van der Waals surface area contributed by atoms with Crippen LogP contribution >= 0.6 is 0 Å². The van der Waals surface area contributed by atoms with Crippen molar-refractivity contribution in [2.45, 2.75) is 57.4 Å². The molecule has 0 spiro atoms. The van der Waals surface area contributed by atoms with Gasteiger partial charge in [-0.2, -0.15) is 0 Å². The van der Waals surface area contributed by atoms with Crippen LogP contribution < -0.4 is 5.32 Å². The standard InChI is InChI=1S/C25H33N/c1-2-25(24-18-10-5-11-19-24,26-21-23-15-8-4-9-16-23)20-12-17-22-13-6-3-7-14-22/h3,5-7,10-14,17-19,23,26H,2,4,8-9,15-16,20-21H2,1H3. The van der Waals surface area contributed by atoms with Crippen LogP contribution in [0, 0.1) is 5.92 Å². The Morgan fingerprint density at radius 2 is 1.58 bits per heavy atom. The summed E-state index contributed by atoms with van der Waals surface area (Å²) in [5.74, 6) is 0.844. The molecular formula is C25H33N. The summed E-state index contributed by atoms with van der Waals surface area (Å²) in [5, 5.41) is 4.00. The number of benzene rings is 2. The van der Waals surface area contributed by atoms with E-state index < -0.39 is 0 Å². The minimum Gasteiger partial charge on any atom is -0.307 e. The lowest BCUT2D eigenvalue weighted by molar-refractivity contribution is 0.263. The molecule has 0 saturated heterocycles. The fourth-order valence-electron chi connectivity index (χ4n) is 4.21. The molecule has 1 aliphatic rings. The second kappa shape index (κ2) is 9.73. The van der Waals surface area contributed by atoms with Crippen LogP contribution in [0.15, 0.2) is 66.7 Å². The van der Waals surface area contributed by atoms with Crippen LogP contribution in [0.2, 0.25) is 0 Å². The van der Waals surface area contributed by atoms with Gasteiger partial charge in [-0.15, -0.1) is 0 Å². The van der Waals surface area contributed by atoms with Gasteiger partial charge in [0.15, 0.2) is 0 Å². The maximum atomic E-state index is 4.00. The summed E-state index contributed by atoms with van der Waals surface area (Å²) < 4.78 is 0. The minimum absolute atomic E-state index is 0.0317. The molecule has 1 nitrogen and oxygen atoms in total. The maximum absolute atomic E-state index is 4.00. The first-order valence-corrected chi connectivity index (χ1v) is 10.3. The van der Waals surface area contributed by atoms with Gasteiger partial charge in [0.25, 0.3) is 0 Å². The maximum Gasteiger partial charge on any atom is 0.0467 e. The summed E-state index contributed by atoms with van der Waals surface area (Å²) in [6.45, 7) is 3.46. The molecule has 1 heteroatoms. The van der Waals surface area contributed by atoms with Crippen molar-refractivity contribution in [1.82, 2.24) is 5.32 Å². The first-order valence-electron chi connectivity index (χ1n) is 10.3. The third-order valence-corrected chi connectivity index (χ3v) is 5.96. The molecule has 3 rings (SSSR count). The van der Waals surface area contributed by atoms with Gasteiger partial charge in [0, 0.05) is 5.54 Å². The molecule has 2 aromatic rings. The van der Waals surface area contributed by atoms with Crippen LogP contribution in [-0.2, 0) is 5.54 Å². The number of hydrogen-bond donors (Lipinski definition) is 1. The van der Waals surface area contributed by atoms with Crippen LogP contribution in [0.4, 0.5) is 0 Å². The van der Waals surface area contributed by atoms with Gasteiger partial charge in [0.1, 0.15) is 0 Å². The molecule has 0 amide bonds. The first kappa shape index (κ1) is 18.9. The second-order valence-electron chi connectivity index (χ2n) is 7.70. The van der Waals surface area contributed by atoms with Crippen LogP contribution in [-0.4, -0.2) is 6.54 Å². The smallest absolute Gasteiger partial charge is 0.0467 e.